The van der Waals surface area contributed by atoms with Gasteiger partial charge in [0.25, 0.3) is 0 Å². The molecule has 0 spiro atoms. The van der Waals surface area contributed by atoms with E-state index in [0.29, 0.717) is 21.7 Å². The Bertz CT molecular complexity index is 749. The lowest BCUT2D eigenvalue weighted by Gasteiger charge is -2.25. The molecule has 0 fully saturated rings. The molecule has 0 nitrogen and oxygen atoms in total. The van der Waals surface area contributed by atoms with Crippen molar-refractivity contribution >= 4 is 29.1 Å². The third-order valence-electron chi connectivity index (χ3n) is 5.58. The second-order valence-electron chi connectivity index (χ2n) is 7.84. The van der Waals surface area contributed by atoms with Crippen molar-refractivity contribution in [1.29, 1.82) is 0 Å². The van der Waals surface area contributed by atoms with Crippen molar-refractivity contribution in [3.63, 3.8) is 0 Å². The molecule has 0 aliphatic heterocycles. The molecule has 0 saturated heterocycles. The molecule has 2 aromatic rings. The Morgan fingerprint density at radius 3 is 1.46 bits per heavy atom. The molecule has 2 unspecified atom stereocenters. The SMILES string of the molecule is Cc1c(C)c(C(C)C)c(P)c(F)c1-c1c(C)c(C)c(C(C)C)c(F)c1P. The topological polar surface area (TPSA) is 0 Å². The molecule has 0 amide bonds. The second kappa shape index (κ2) is 7.65. The zero-order chi connectivity index (χ0) is 20.1. The number of rotatable bonds is 3. The third kappa shape index (κ3) is 3.25. The Hall–Kier alpha value is -0.840. The highest BCUT2D eigenvalue weighted by Gasteiger charge is 2.26. The van der Waals surface area contributed by atoms with Crippen LogP contribution < -0.4 is 10.6 Å². The summed E-state index contributed by atoms with van der Waals surface area (Å²) in [5.74, 6) is -0.194. The first-order valence-corrected chi connectivity index (χ1v) is 10.2. The van der Waals surface area contributed by atoms with Crippen LogP contribution >= 0.6 is 18.5 Å². The van der Waals surface area contributed by atoms with Gasteiger partial charge in [0.15, 0.2) is 0 Å². The van der Waals surface area contributed by atoms with E-state index in [0.717, 1.165) is 33.4 Å². The Morgan fingerprint density at radius 2 is 1.00 bits per heavy atom. The van der Waals surface area contributed by atoms with Gasteiger partial charge < -0.3 is 0 Å². The fourth-order valence-electron chi connectivity index (χ4n) is 4.07. The van der Waals surface area contributed by atoms with Crippen molar-refractivity contribution in [2.45, 2.75) is 67.2 Å². The zero-order valence-corrected chi connectivity index (χ0v) is 19.4. The Morgan fingerprint density at radius 1 is 0.577 bits per heavy atom. The van der Waals surface area contributed by atoms with E-state index in [9.17, 15) is 0 Å². The van der Waals surface area contributed by atoms with E-state index in [1.54, 1.807) is 0 Å². The van der Waals surface area contributed by atoms with Gasteiger partial charge in [-0.15, -0.1) is 18.5 Å². The van der Waals surface area contributed by atoms with Crippen molar-refractivity contribution in [2.75, 3.05) is 0 Å². The summed E-state index contributed by atoms with van der Waals surface area (Å²) in [5.41, 5.74) is 6.76. The monoisotopic (exact) mass is 394 g/mol. The largest absolute Gasteiger partial charge is 0.206 e. The summed E-state index contributed by atoms with van der Waals surface area (Å²) in [4.78, 5) is 0. The number of halogens is 2. The molecule has 0 saturated carbocycles. The van der Waals surface area contributed by atoms with E-state index in [4.69, 9.17) is 0 Å². The third-order valence-corrected chi connectivity index (χ3v) is 6.68. The summed E-state index contributed by atoms with van der Waals surface area (Å²) in [6.45, 7) is 16.0. The zero-order valence-electron chi connectivity index (χ0n) is 17.1. The molecule has 0 N–H and O–H groups in total. The van der Waals surface area contributed by atoms with Gasteiger partial charge in [-0.05, 0) is 78.5 Å². The van der Waals surface area contributed by atoms with Crippen LogP contribution in [0.3, 0.4) is 0 Å². The summed E-state index contributed by atoms with van der Waals surface area (Å²) < 4.78 is 30.6. The van der Waals surface area contributed by atoms with E-state index in [1.807, 2.05) is 41.5 Å². The lowest BCUT2D eigenvalue weighted by molar-refractivity contribution is 0.603. The lowest BCUT2D eigenvalue weighted by atomic mass is 9.84. The Kier molecular flexibility index (Phi) is 6.31. The molecule has 2 aromatic carbocycles. The normalized spacial score (nSPS) is 11.8. The van der Waals surface area contributed by atoms with Gasteiger partial charge >= 0.3 is 0 Å². The van der Waals surface area contributed by atoms with Crippen LogP contribution in [0.25, 0.3) is 11.1 Å². The second-order valence-corrected chi connectivity index (χ2v) is 9.00. The first-order chi connectivity index (χ1) is 11.9. The van der Waals surface area contributed by atoms with Crippen LogP contribution in [-0.4, -0.2) is 0 Å². The molecule has 4 heteroatoms. The predicted octanol–water partition coefficient (Wildman–Crippen LogP) is 6.11. The number of hydrogen-bond donors (Lipinski definition) is 0. The number of hydrogen-bond acceptors (Lipinski definition) is 0. The molecule has 26 heavy (non-hydrogen) atoms. The van der Waals surface area contributed by atoms with E-state index in [-0.39, 0.29) is 23.5 Å². The van der Waals surface area contributed by atoms with Gasteiger partial charge in [-0.3, -0.25) is 0 Å². The maximum absolute atomic E-state index is 15.5. The highest BCUT2D eigenvalue weighted by Crippen LogP contribution is 2.38. The van der Waals surface area contributed by atoms with E-state index in [1.165, 1.54) is 0 Å². The average Bonchev–Trinajstić information content (AvgIpc) is 2.54. The van der Waals surface area contributed by atoms with Crippen LogP contribution in [-0.2, 0) is 0 Å². The fraction of sp³-hybridized carbons (Fsp3) is 0.455. The molecule has 0 heterocycles. The van der Waals surface area contributed by atoms with Gasteiger partial charge in [-0.25, -0.2) is 8.78 Å². The summed E-state index contributed by atoms with van der Waals surface area (Å²) in [6, 6.07) is 0. The molecule has 0 aliphatic rings. The standard InChI is InChI=1S/C22H30F2P2/c1-9(2)15-11(5)14(8)18(22(26)19(15)23)17-13(7)12(6)16(10(3)4)21(25)20(17)24/h9-10H,25-26H2,1-8H3. The highest BCUT2D eigenvalue weighted by atomic mass is 31.0. The van der Waals surface area contributed by atoms with E-state index in [2.05, 4.69) is 32.3 Å². The maximum atomic E-state index is 15.5. The predicted molar refractivity (Wildman–Crippen MR) is 118 cm³/mol. The fourth-order valence-corrected chi connectivity index (χ4v) is 5.28. The smallest absolute Gasteiger partial charge is 0.138 e. The van der Waals surface area contributed by atoms with Crippen molar-refractivity contribution in [2.24, 2.45) is 0 Å². The summed E-state index contributed by atoms with van der Waals surface area (Å²) in [5, 5.41) is 1.05. The van der Waals surface area contributed by atoms with Gasteiger partial charge in [-0.1, -0.05) is 27.7 Å². The van der Waals surface area contributed by atoms with Gasteiger partial charge in [0.1, 0.15) is 11.6 Å². The van der Waals surface area contributed by atoms with Gasteiger partial charge in [-0.2, -0.15) is 0 Å². The molecule has 142 valence electrons. The summed E-state index contributed by atoms with van der Waals surface area (Å²) in [7, 11) is 5.07. The van der Waals surface area contributed by atoms with Crippen LogP contribution in [0, 0.1) is 39.3 Å². The van der Waals surface area contributed by atoms with E-state index >= 15 is 8.78 Å². The maximum Gasteiger partial charge on any atom is 0.138 e. The quantitative estimate of drug-likeness (QED) is 0.551. The first-order valence-electron chi connectivity index (χ1n) is 9.09. The first kappa shape index (κ1) is 21.5. The average molecular weight is 394 g/mol. The summed E-state index contributed by atoms with van der Waals surface area (Å²) in [6.07, 6.45) is 0. The minimum absolute atomic E-state index is 0.0790. The highest BCUT2D eigenvalue weighted by molar-refractivity contribution is 7.28. The molecule has 0 radical (unpaired) electrons. The minimum Gasteiger partial charge on any atom is -0.206 e. The number of benzene rings is 2. The van der Waals surface area contributed by atoms with Crippen LogP contribution in [0.4, 0.5) is 8.78 Å². The van der Waals surface area contributed by atoms with Crippen LogP contribution in [0.1, 0.15) is 72.9 Å². The van der Waals surface area contributed by atoms with Crippen molar-refractivity contribution in [3.05, 3.63) is 45.0 Å². The molecule has 2 atom stereocenters. The van der Waals surface area contributed by atoms with Gasteiger partial charge in [0.05, 0.1) is 0 Å². The van der Waals surface area contributed by atoms with Crippen LogP contribution in [0.15, 0.2) is 0 Å². The summed E-state index contributed by atoms with van der Waals surface area (Å²) >= 11 is 0. The molecule has 0 bridgehead atoms. The van der Waals surface area contributed by atoms with Crippen molar-refractivity contribution in [3.8, 4) is 11.1 Å². The van der Waals surface area contributed by atoms with Gasteiger partial charge in [0.2, 0.25) is 0 Å². The molecular formula is C22H30F2P2. The lowest BCUT2D eigenvalue weighted by Crippen LogP contribution is -2.19. The molecule has 2 rings (SSSR count). The molecular weight excluding hydrogens is 364 g/mol. The molecule has 0 aliphatic carbocycles. The molecule has 0 aromatic heterocycles. The Labute approximate surface area is 161 Å². The Balaban J connectivity index is 3.00. The van der Waals surface area contributed by atoms with Crippen molar-refractivity contribution < 1.29 is 8.78 Å². The van der Waals surface area contributed by atoms with Crippen molar-refractivity contribution in [1.82, 2.24) is 0 Å². The van der Waals surface area contributed by atoms with Crippen LogP contribution in [0.5, 0.6) is 0 Å². The van der Waals surface area contributed by atoms with Crippen LogP contribution in [0.2, 0.25) is 0 Å². The minimum atomic E-state index is -0.260. The van der Waals surface area contributed by atoms with E-state index < -0.39 is 0 Å². The van der Waals surface area contributed by atoms with Gasteiger partial charge in [0, 0.05) is 16.2 Å².